The minimum Gasteiger partial charge on any atom is -0.477 e. The van der Waals surface area contributed by atoms with Gasteiger partial charge in [-0.05, 0) is 48.9 Å². The van der Waals surface area contributed by atoms with E-state index in [-0.39, 0.29) is 11.6 Å². The molecule has 0 saturated heterocycles. The molecule has 0 fully saturated rings. The van der Waals surface area contributed by atoms with Gasteiger partial charge in [-0.3, -0.25) is 4.90 Å². The predicted octanol–water partition coefficient (Wildman–Crippen LogP) is 4.10. The molecule has 144 valence electrons. The van der Waals surface area contributed by atoms with Gasteiger partial charge in [0, 0.05) is 18.8 Å². The van der Waals surface area contributed by atoms with Crippen LogP contribution in [0.25, 0.3) is 10.3 Å². The van der Waals surface area contributed by atoms with Crippen LogP contribution >= 0.6 is 11.3 Å². The van der Waals surface area contributed by atoms with Crippen LogP contribution in [0.2, 0.25) is 0 Å². The zero-order chi connectivity index (χ0) is 19.8. The summed E-state index contributed by atoms with van der Waals surface area (Å²) in [7, 11) is 1.62. The van der Waals surface area contributed by atoms with Gasteiger partial charge in [-0.25, -0.2) is 14.4 Å². The highest BCUT2D eigenvalue weighted by molar-refractivity contribution is 7.22. The van der Waals surface area contributed by atoms with Crippen molar-refractivity contribution < 1.29 is 19.1 Å². The fraction of sp³-hybridized carbons (Fsp3) is 0.250. The lowest BCUT2D eigenvalue weighted by molar-refractivity contribution is 0.0692. The normalized spacial score (nSPS) is 13.2. The molecule has 3 aromatic rings. The van der Waals surface area contributed by atoms with E-state index in [9.17, 15) is 14.4 Å². The fourth-order valence-electron chi connectivity index (χ4n) is 3.41. The standard InChI is InChI=1S/C20H18N2O5S/c1-22(17-10-15-16(28-17)9-13(18(23)24)19(25)27-15)20(26)21-14-8-4-6-11-5-2-3-7-12(11)14/h4,6,8-10H,2-3,5,7H2,1H3,(H,21,26)(H,23,24). The van der Waals surface area contributed by atoms with Crippen LogP contribution in [0.3, 0.4) is 0 Å². The molecular formula is C20H18N2O5S. The molecule has 0 unspecified atom stereocenters. The first kappa shape index (κ1) is 18.2. The molecule has 4 rings (SSSR count). The van der Waals surface area contributed by atoms with Gasteiger partial charge in [0.1, 0.15) is 10.6 Å². The Morgan fingerprint density at radius 2 is 2.00 bits per heavy atom. The second kappa shape index (κ2) is 7.12. The second-order valence-electron chi connectivity index (χ2n) is 6.71. The number of anilines is 2. The minimum atomic E-state index is -1.34. The number of aryl methyl sites for hydroxylation is 1. The maximum absolute atomic E-state index is 12.8. The maximum Gasteiger partial charge on any atom is 0.351 e. The average Bonchev–Trinajstić information content (AvgIpc) is 3.09. The van der Waals surface area contributed by atoms with Crippen LogP contribution in [-0.2, 0) is 12.8 Å². The third-order valence-electron chi connectivity index (χ3n) is 4.91. The minimum absolute atomic E-state index is 0.256. The summed E-state index contributed by atoms with van der Waals surface area (Å²) in [6, 6.07) is 8.47. The molecule has 0 saturated carbocycles. The molecule has 1 aliphatic carbocycles. The smallest absolute Gasteiger partial charge is 0.351 e. The summed E-state index contributed by atoms with van der Waals surface area (Å²) in [4.78, 5) is 37.0. The Labute approximate surface area is 164 Å². The summed E-state index contributed by atoms with van der Waals surface area (Å²) >= 11 is 1.18. The highest BCUT2D eigenvalue weighted by Crippen LogP contribution is 2.33. The zero-order valence-corrected chi connectivity index (χ0v) is 16.0. The average molecular weight is 398 g/mol. The van der Waals surface area contributed by atoms with Crippen molar-refractivity contribution in [2.24, 2.45) is 0 Å². The second-order valence-corrected chi connectivity index (χ2v) is 7.77. The predicted molar refractivity (Wildman–Crippen MR) is 108 cm³/mol. The number of fused-ring (bicyclic) bond motifs is 2. The number of carbonyl (C=O) groups is 2. The zero-order valence-electron chi connectivity index (χ0n) is 15.2. The highest BCUT2D eigenvalue weighted by Gasteiger charge is 2.20. The van der Waals surface area contributed by atoms with Crippen LogP contribution in [0.1, 0.15) is 34.3 Å². The molecular weight excluding hydrogens is 380 g/mol. The van der Waals surface area contributed by atoms with Crippen molar-refractivity contribution in [1.82, 2.24) is 0 Å². The van der Waals surface area contributed by atoms with Gasteiger partial charge < -0.3 is 14.8 Å². The number of urea groups is 1. The molecule has 8 heteroatoms. The van der Waals surface area contributed by atoms with E-state index in [0.29, 0.717) is 9.70 Å². The Hall–Kier alpha value is -3.13. The van der Waals surface area contributed by atoms with E-state index in [2.05, 4.69) is 11.4 Å². The number of amides is 2. The summed E-state index contributed by atoms with van der Waals surface area (Å²) in [5.41, 5.74) is 2.19. The van der Waals surface area contributed by atoms with Gasteiger partial charge >= 0.3 is 17.6 Å². The largest absolute Gasteiger partial charge is 0.477 e. The van der Waals surface area contributed by atoms with E-state index in [1.807, 2.05) is 12.1 Å². The SMILES string of the molecule is CN(C(=O)Nc1cccc2c1CCCC2)c1cc2oc(=O)c(C(=O)O)cc2s1. The first-order valence-corrected chi connectivity index (χ1v) is 9.72. The van der Waals surface area contributed by atoms with E-state index < -0.39 is 17.2 Å². The van der Waals surface area contributed by atoms with E-state index in [0.717, 1.165) is 31.4 Å². The summed E-state index contributed by atoms with van der Waals surface area (Å²) in [6.07, 6.45) is 4.24. The Morgan fingerprint density at radius 1 is 1.21 bits per heavy atom. The number of nitrogens with zero attached hydrogens (tertiary/aromatic N) is 1. The molecule has 0 aliphatic heterocycles. The third kappa shape index (κ3) is 3.27. The molecule has 2 amide bonds. The van der Waals surface area contributed by atoms with Crippen LogP contribution < -0.4 is 15.8 Å². The number of carboxylic acid groups (broad SMARTS) is 1. The van der Waals surface area contributed by atoms with E-state index in [1.165, 1.54) is 33.4 Å². The quantitative estimate of drug-likeness (QED) is 0.692. The summed E-state index contributed by atoms with van der Waals surface area (Å²) < 4.78 is 5.56. The number of carboxylic acids is 1. The van der Waals surface area contributed by atoms with Crippen molar-refractivity contribution in [2.45, 2.75) is 25.7 Å². The monoisotopic (exact) mass is 398 g/mol. The van der Waals surface area contributed by atoms with Crippen molar-refractivity contribution >= 4 is 44.3 Å². The van der Waals surface area contributed by atoms with Crippen molar-refractivity contribution in [3.05, 3.63) is 57.4 Å². The molecule has 0 spiro atoms. The Morgan fingerprint density at radius 3 is 2.79 bits per heavy atom. The molecule has 0 atom stereocenters. The van der Waals surface area contributed by atoms with Crippen molar-refractivity contribution in [3.8, 4) is 0 Å². The van der Waals surface area contributed by atoms with E-state index in [4.69, 9.17) is 9.52 Å². The number of rotatable bonds is 3. The lowest BCUT2D eigenvalue weighted by Crippen LogP contribution is -2.31. The molecule has 1 aromatic carbocycles. The lowest BCUT2D eigenvalue weighted by atomic mass is 9.90. The molecule has 2 N–H and O–H groups in total. The van der Waals surface area contributed by atoms with Crippen molar-refractivity contribution in [1.29, 1.82) is 0 Å². The number of benzene rings is 1. The Bertz CT molecular complexity index is 1150. The van der Waals surface area contributed by atoms with E-state index in [1.54, 1.807) is 13.1 Å². The number of thiophene rings is 1. The van der Waals surface area contributed by atoms with Crippen LogP contribution in [-0.4, -0.2) is 24.2 Å². The van der Waals surface area contributed by atoms with Gasteiger partial charge in [0.25, 0.3) is 0 Å². The van der Waals surface area contributed by atoms with Gasteiger partial charge in [0.05, 0.1) is 4.70 Å². The maximum atomic E-state index is 12.8. The molecule has 28 heavy (non-hydrogen) atoms. The Kier molecular flexibility index (Phi) is 4.64. The van der Waals surface area contributed by atoms with Gasteiger partial charge in [-0.2, -0.15) is 0 Å². The molecule has 0 radical (unpaired) electrons. The fourth-order valence-corrected chi connectivity index (χ4v) is 4.40. The van der Waals surface area contributed by atoms with Crippen molar-refractivity contribution in [3.63, 3.8) is 0 Å². The molecule has 2 aromatic heterocycles. The van der Waals surface area contributed by atoms with Gasteiger partial charge in [-0.15, -0.1) is 11.3 Å². The number of hydrogen-bond donors (Lipinski definition) is 2. The summed E-state index contributed by atoms with van der Waals surface area (Å²) in [6.45, 7) is 0. The van der Waals surface area contributed by atoms with Crippen molar-refractivity contribution in [2.75, 3.05) is 17.3 Å². The summed E-state index contributed by atoms with van der Waals surface area (Å²) in [5.74, 6) is -1.34. The van der Waals surface area contributed by atoms with Crippen LogP contribution in [0.15, 0.2) is 39.5 Å². The number of hydrogen-bond acceptors (Lipinski definition) is 5. The van der Waals surface area contributed by atoms with E-state index >= 15 is 0 Å². The first-order valence-electron chi connectivity index (χ1n) is 8.90. The lowest BCUT2D eigenvalue weighted by Gasteiger charge is -2.21. The highest BCUT2D eigenvalue weighted by atomic mass is 32.1. The number of nitrogens with one attached hydrogen (secondary N) is 1. The number of carbonyl (C=O) groups excluding carboxylic acids is 1. The summed E-state index contributed by atoms with van der Waals surface area (Å²) in [5, 5.41) is 12.6. The van der Waals surface area contributed by atoms with Gasteiger partial charge in [0.15, 0.2) is 5.58 Å². The topological polar surface area (TPSA) is 99.9 Å². The Balaban J connectivity index is 1.61. The molecule has 7 nitrogen and oxygen atoms in total. The number of aromatic carboxylic acids is 1. The third-order valence-corrected chi connectivity index (χ3v) is 6.05. The first-order chi connectivity index (χ1) is 13.4. The van der Waals surface area contributed by atoms with Crippen LogP contribution in [0.4, 0.5) is 15.5 Å². The van der Waals surface area contributed by atoms with Gasteiger partial charge in [-0.1, -0.05) is 12.1 Å². The molecule has 2 heterocycles. The molecule has 1 aliphatic rings. The van der Waals surface area contributed by atoms with Crippen LogP contribution in [0, 0.1) is 0 Å². The molecule has 0 bridgehead atoms. The van der Waals surface area contributed by atoms with Gasteiger partial charge in [0.2, 0.25) is 0 Å². The van der Waals surface area contributed by atoms with Crippen LogP contribution in [0.5, 0.6) is 0 Å².